The van der Waals surface area contributed by atoms with Crippen LogP contribution in [0.2, 0.25) is 0 Å². The van der Waals surface area contributed by atoms with E-state index in [1.54, 1.807) is 12.1 Å². The highest BCUT2D eigenvalue weighted by Gasteiger charge is 2.17. The highest BCUT2D eigenvalue weighted by Crippen LogP contribution is 2.24. The van der Waals surface area contributed by atoms with E-state index >= 15 is 0 Å². The first-order chi connectivity index (χ1) is 16.5. The molecule has 0 aliphatic heterocycles. The van der Waals surface area contributed by atoms with Gasteiger partial charge in [0.25, 0.3) is 5.91 Å². The van der Waals surface area contributed by atoms with Crippen LogP contribution < -0.4 is 10.6 Å². The van der Waals surface area contributed by atoms with Crippen LogP contribution in [0.25, 0.3) is 5.69 Å². The molecule has 2 N–H and O–H groups in total. The zero-order chi connectivity index (χ0) is 23.9. The van der Waals surface area contributed by atoms with Gasteiger partial charge in [-0.25, -0.2) is 0 Å². The zero-order valence-corrected chi connectivity index (χ0v) is 20.8. The van der Waals surface area contributed by atoms with Crippen molar-refractivity contribution in [1.82, 2.24) is 20.1 Å². The number of hydrogen-bond acceptors (Lipinski definition) is 5. The Kier molecular flexibility index (Phi) is 7.76. The van der Waals surface area contributed by atoms with Crippen molar-refractivity contribution in [1.29, 1.82) is 0 Å². The van der Waals surface area contributed by atoms with E-state index < -0.39 is 0 Å². The second-order valence-electron chi connectivity index (χ2n) is 7.47. The summed E-state index contributed by atoms with van der Waals surface area (Å²) in [7, 11) is 0. The lowest BCUT2D eigenvalue weighted by molar-refractivity contribution is -0.113. The number of thioether (sulfide) groups is 1. The first-order valence-corrected chi connectivity index (χ1v) is 12.3. The molecule has 9 heteroatoms. The van der Waals surface area contributed by atoms with Gasteiger partial charge in [0.15, 0.2) is 11.0 Å². The van der Waals surface area contributed by atoms with Gasteiger partial charge in [0, 0.05) is 21.4 Å². The van der Waals surface area contributed by atoms with Gasteiger partial charge in [-0.3, -0.25) is 14.2 Å². The molecular weight excluding hydrogens is 514 g/mol. The average Bonchev–Trinajstić information content (AvgIpc) is 3.25. The molecule has 7 nitrogen and oxygen atoms in total. The zero-order valence-electron chi connectivity index (χ0n) is 18.4. The summed E-state index contributed by atoms with van der Waals surface area (Å²) in [6.45, 7) is 2.16. The Morgan fingerprint density at radius 1 is 0.971 bits per heavy atom. The Labute approximate surface area is 210 Å². The lowest BCUT2D eigenvalue weighted by Gasteiger charge is -2.11. The molecule has 0 radical (unpaired) electrons. The number of hydrogen-bond donors (Lipinski definition) is 2. The Hall–Kier alpha value is -3.43. The minimum Gasteiger partial charge on any atom is -0.345 e. The maximum absolute atomic E-state index is 12.5. The second kappa shape index (κ2) is 11.1. The minimum atomic E-state index is -0.197. The number of halogens is 1. The summed E-state index contributed by atoms with van der Waals surface area (Å²) >= 11 is 4.73. The fraction of sp³-hybridized carbons (Fsp3) is 0.120. The first kappa shape index (κ1) is 23.7. The van der Waals surface area contributed by atoms with Crippen molar-refractivity contribution >= 4 is 45.2 Å². The van der Waals surface area contributed by atoms with Crippen molar-refractivity contribution < 1.29 is 9.59 Å². The standard InChI is InChI=1S/C25H22BrN5O2S/c1-17-6-5-9-20(14-17)28-23(32)16-34-25-30-29-22(31(25)21-12-10-19(26)11-13-21)15-27-24(33)18-7-3-2-4-8-18/h2-14H,15-16H2,1H3,(H,27,33)(H,28,32). The fourth-order valence-corrected chi connectivity index (χ4v) is 4.29. The molecular formula is C25H22BrN5O2S. The summed E-state index contributed by atoms with van der Waals surface area (Å²) in [5, 5.41) is 14.9. The third-order valence-electron chi connectivity index (χ3n) is 4.86. The predicted octanol–water partition coefficient (Wildman–Crippen LogP) is 5.00. The topological polar surface area (TPSA) is 88.9 Å². The van der Waals surface area contributed by atoms with Crippen LogP contribution in [0.5, 0.6) is 0 Å². The number of benzene rings is 3. The van der Waals surface area contributed by atoms with Crippen molar-refractivity contribution in [2.75, 3.05) is 11.1 Å². The van der Waals surface area contributed by atoms with Crippen LogP contribution in [0.15, 0.2) is 88.5 Å². The highest BCUT2D eigenvalue weighted by molar-refractivity contribution is 9.10. The smallest absolute Gasteiger partial charge is 0.251 e. The van der Waals surface area contributed by atoms with Gasteiger partial charge in [0.05, 0.1) is 12.3 Å². The summed E-state index contributed by atoms with van der Waals surface area (Å²) in [6, 6.07) is 24.3. The normalized spacial score (nSPS) is 10.6. The third kappa shape index (κ3) is 6.12. The van der Waals surface area contributed by atoms with E-state index in [4.69, 9.17) is 0 Å². The molecule has 0 aliphatic carbocycles. The maximum atomic E-state index is 12.5. The summed E-state index contributed by atoms with van der Waals surface area (Å²) in [6.07, 6.45) is 0. The summed E-state index contributed by atoms with van der Waals surface area (Å²) in [5.74, 6) is 0.393. The number of anilines is 1. The molecule has 172 valence electrons. The van der Waals surface area contributed by atoms with Crippen LogP contribution in [0.1, 0.15) is 21.7 Å². The van der Waals surface area contributed by atoms with Gasteiger partial charge < -0.3 is 10.6 Å². The van der Waals surface area contributed by atoms with Crippen LogP contribution in [0.4, 0.5) is 5.69 Å². The van der Waals surface area contributed by atoms with Gasteiger partial charge in [-0.05, 0) is 61.0 Å². The molecule has 0 fully saturated rings. The molecule has 0 unspecified atom stereocenters. The Morgan fingerprint density at radius 3 is 2.47 bits per heavy atom. The molecule has 0 spiro atoms. The van der Waals surface area contributed by atoms with Gasteiger partial charge in [-0.15, -0.1) is 10.2 Å². The Morgan fingerprint density at radius 2 is 1.74 bits per heavy atom. The molecule has 4 aromatic rings. The number of nitrogens with zero attached hydrogens (tertiary/aromatic N) is 3. The number of aromatic nitrogens is 3. The number of rotatable bonds is 8. The molecule has 1 heterocycles. The van der Waals surface area contributed by atoms with E-state index in [0.29, 0.717) is 16.5 Å². The SMILES string of the molecule is Cc1cccc(NC(=O)CSc2nnc(CNC(=O)c3ccccc3)n2-c2ccc(Br)cc2)c1. The van der Waals surface area contributed by atoms with Crippen LogP contribution in [-0.2, 0) is 11.3 Å². The van der Waals surface area contributed by atoms with Gasteiger partial charge in [0.2, 0.25) is 5.91 Å². The van der Waals surface area contributed by atoms with Crippen LogP contribution in [0.3, 0.4) is 0 Å². The molecule has 4 rings (SSSR count). The van der Waals surface area contributed by atoms with Crippen LogP contribution >= 0.6 is 27.7 Å². The van der Waals surface area contributed by atoms with Crippen molar-refractivity contribution in [2.45, 2.75) is 18.6 Å². The molecule has 34 heavy (non-hydrogen) atoms. The summed E-state index contributed by atoms with van der Waals surface area (Å²) in [5.41, 5.74) is 3.23. The number of amides is 2. The summed E-state index contributed by atoms with van der Waals surface area (Å²) < 4.78 is 2.79. The average molecular weight is 536 g/mol. The number of carbonyl (C=O) groups excluding carboxylic acids is 2. The van der Waals surface area contributed by atoms with E-state index in [1.165, 1.54) is 11.8 Å². The quantitative estimate of drug-likeness (QED) is 0.310. The maximum Gasteiger partial charge on any atom is 0.251 e. The van der Waals surface area contributed by atoms with E-state index in [2.05, 4.69) is 36.8 Å². The van der Waals surface area contributed by atoms with Crippen molar-refractivity contribution in [3.8, 4) is 5.69 Å². The molecule has 0 aliphatic rings. The largest absolute Gasteiger partial charge is 0.345 e. The lowest BCUT2D eigenvalue weighted by Crippen LogP contribution is -2.24. The minimum absolute atomic E-state index is 0.139. The van der Waals surface area contributed by atoms with Gasteiger partial charge in [0.1, 0.15) is 0 Å². The highest BCUT2D eigenvalue weighted by atomic mass is 79.9. The predicted molar refractivity (Wildman–Crippen MR) is 137 cm³/mol. The molecule has 1 aromatic heterocycles. The monoisotopic (exact) mass is 535 g/mol. The first-order valence-electron chi connectivity index (χ1n) is 10.5. The van der Waals surface area contributed by atoms with E-state index in [9.17, 15) is 9.59 Å². The van der Waals surface area contributed by atoms with E-state index in [0.717, 1.165) is 21.4 Å². The molecule has 0 saturated carbocycles. The van der Waals surface area contributed by atoms with Crippen molar-refractivity contribution in [3.05, 3.63) is 100 Å². The number of aryl methyl sites for hydroxylation is 1. The Balaban J connectivity index is 1.50. The lowest BCUT2D eigenvalue weighted by atomic mass is 10.2. The van der Waals surface area contributed by atoms with Crippen molar-refractivity contribution in [3.63, 3.8) is 0 Å². The van der Waals surface area contributed by atoms with Gasteiger partial charge >= 0.3 is 0 Å². The van der Waals surface area contributed by atoms with Gasteiger partial charge in [-0.2, -0.15) is 0 Å². The van der Waals surface area contributed by atoms with Crippen molar-refractivity contribution in [2.24, 2.45) is 0 Å². The molecule has 0 bridgehead atoms. The van der Waals surface area contributed by atoms with Crippen LogP contribution in [0, 0.1) is 6.92 Å². The Bertz CT molecular complexity index is 1290. The molecule has 0 atom stereocenters. The van der Waals surface area contributed by atoms with Gasteiger partial charge in [-0.1, -0.05) is 58.0 Å². The second-order valence-corrected chi connectivity index (χ2v) is 9.32. The summed E-state index contributed by atoms with van der Waals surface area (Å²) in [4.78, 5) is 25.0. The fourth-order valence-electron chi connectivity index (χ4n) is 3.26. The molecule has 0 saturated heterocycles. The number of nitrogens with one attached hydrogen (secondary N) is 2. The van der Waals surface area contributed by atoms with Crippen LogP contribution in [-0.4, -0.2) is 32.3 Å². The molecule has 3 aromatic carbocycles. The van der Waals surface area contributed by atoms with E-state index in [1.807, 2.05) is 78.2 Å². The van der Waals surface area contributed by atoms with E-state index in [-0.39, 0.29) is 24.1 Å². The number of carbonyl (C=O) groups is 2. The molecule has 2 amide bonds. The third-order valence-corrected chi connectivity index (χ3v) is 6.32.